The fourth-order valence-electron chi connectivity index (χ4n) is 4.18. The number of carbonyl (C=O) groups excluding carboxylic acids is 2. The van der Waals surface area contributed by atoms with Crippen LogP contribution in [0.2, 0.25) is 0 Å². The van der Waals surface area contributed by atoms with Crippen molar-refractivity contribution in [1.29, 1.82) is 0 Å². The fraction of sp³-hybridized carbons (Fsp3) is 0.292. The largest absolute Gasteiger partial charge is 0.361 e. The van der Waals surface area contributed by atoms with E-state index in [1.54, 1.807) is 22.7 Å². The fourth-order valence-corrected chi connectivity index (χ4v) is 5.79. The molecule has 1 aliphatic heterocycles. The molecule has 0 atom stereocenters. The Morgan fingerprint density at radius 3 is 2.78 bits per heavy atom. The van der Waals surface area contributed by atoms with Gasteiger partial charge in [-0.2, -0.15) is 0 Å². The van der Waals surface area contributed by atoms with E-state index in [0.29, 0.717) is 24.6 Å². The molecule has 1 saturated heterocycles. The maximum absolute atomic E-state index is 12.9. The van der Waals surface area contributed by atoms with Crippen molar-refractivity contribution < 1.29 is 9.59 Å². The van der Waals surface area contributed by atoms with Crippen LogP contribution in [0.25, 0.3) is 10.9 Å². The molecule has 8 heteroatoms. The molecule has 0 aliphatic carbocycles. The smallest absolute Gasteiger partial charge is 0.271 e. The first kappa shape index (κ1) is 20.9. The van der Waals surface area contributed by atoms with Gasteiger partial charge in [0.25, 0.3) is 5.91 Å². The molecule has 5 rings (SSSR count). The lowest BCUT2D eigenvalue weighted by Gasteiger charge is -2.31. The third kappa shape index (κ3) is 4.47. The van der Waals surface area contributed by atoms with E-state index in [1.807, 2.05) is 52.2 Å². The van der Waals surface area contributed by atoms with E-state index >= 15 is 0 Å². The van der Waals surface area contributed by atoms with Crippen molar-refractivity contribution in [3.63, 3.8) is 0 Å². The van der Waals surface area contributed by atoms with Crippen molar-refractivity contribution in [2.24, 2.45) is 0 Å². The lowest BCUT2D eigenvalue weighted by atomic mass is 9.97. The number of fused-ring (bicyclic) bond motifs is 1. The predicted molar refractivity (Wildman–Crippen MR) is 128 cm³/mol. The normalized spacial score (nSPS) is 14.7. The van der Waals surface area contributed by atoms with Crippen molar-refractivity contribution >= 4 is 45.4 Å². The first-order chi connectivity index (χ1) is 15.7. The molecular weight excluding hydrogens is 440 g/mol. The molecule has 3 aromatic heterocycles. The molecule has 4 heterocycles. The minimum atomic E-state index is -0.132. The molecular formula is C24H24N4O2S2. The molecule has 2 amide bonds. The number of piperidine rings is 1. The van der Waals surface area contributed by atoms with Gasteiger partial charge in [0.05, 0.1) is 18.0 Å². The second kappa shape index (κ2) is 9.26. The van der Waals surface area contributed by atoms with Crippen LogP contribution in [0.3, 0.4) is 0 Å². The predicted octanol–water partition coefficient (Wildman–Crippen LogP) is 4.56. The van der Waals surface area contributed by atoms with Crippen molar-refractivity contribution in [3.05, 3.63) is 74.5 Å². The number of thiophene rings is 1. The second-order valence-electron chi connectivity index (χ2n) is 8.02. The lowest BCUT2D eigenvalue weighted by Crippen LogP contribution is -2.38. The molecule has 32 heavy (non-hydrogen) atoms. The first-order valence-electron chi connectivity index (χ1n) is 10.8. The van der Waals surface area contributed by atoms with Gasteiger partial charge in [-0.1, -0.05) is 24.3 Å². The summed E-state index contributed by atoms with van der Waals surface area (Å²) in [6, 6.07) is 12.1. The Morgan fingerprint density at radius 1 is 1.12 bits per heavy atom. The third-order valence-electron chi connectivity index (χ3n) is 5.97. The van der Waals surface area contributed by atoms with Crippen LogP contribution in [0.4, 0.5) is 0 Å². The Hall–Kier alpha value is -2.97. The van der Waals surface area contributed by atoms with Crippen molar-refractivity contribution in [1.82, 2.24) is 20.2 Å². The number of hydrogen-bond acceptors (Lipinski definition) is 5. The number of H-pyrrole nitrogens is 1. The van der Waals surface area contributed by atoms with E-state index in [1.165, 1.54) is 0 Å². The average Bonchev–Trinajstić information content (AvgIpc) is 3.59. The van der Waals surface area contributed by atoms with E-state index < -0.39 is 0 Å². The summed E-state index contributed by atoms with van der Waals surface area (Å²) in [5, 5.41) is 8.88. The molecule has 164 valence electrons. The van der Waals surface area contributed by atoms with Gasteiger partial charge in [-0.25, -0.2) is 4.98 Å². The summed E-state index contributed by atoms with van der Waals surface area (Å²) in [7, 11) is 0. The topological polar surface area (TPSA) is 78.1 Å². The number of amides is 2. The molecule has 1 aliphatic rings. The highest BCUT2D eigenvalue weighted by Crippen LogP contribution is 2.31. The molecule has 6 nitrogen and oxygen atoms in total. The highest BCUT2D eigenvalue weighted by molar-refractivity contribution is 7.10. The monoisotopic (exact) mass is 464 g/mol. The van der Waals surface area contributed by atoms with Crippen LogP contribution in [-0.2, 0) is 17.8 Å². The number of para-hydroxylation sites is 1. The zero-order valence-electron chi connectivity index (χ0n) is 17.5. The number of benzene rings is 1. The third-order valence-corrected chi connectivity index (χ3v) is 7.85. The van der Waals surface area contributed by atoms with Crippen molar-refractivity contribution in [3.8, 4) is 0 Å². The summed E-state index contributed by atoms with van der Waals surface area (Å²) in [4.78, 5) is 36.2. The molecule has 0 unspecified atom stereocenters. The lowest BCUT2D eigenvalue weighted by molar-refractivity contribution is -0.131. The Labute approximate surface area is 194 Å². The molecule has 4 aromatic rings. The maximum Gasteiger partial charge on any atom is 0.271 e. The summed E-state index contributed by atoms with van der Waals surface area (Å²) in [5.74, 6) is 0.337. The van der Waals surface area contributed by atoms with Gasteiger partial charge in [0.2, 0.25) is 5.91 Å². The zero-order chi connectivity index (χ0) is 21.9. The van der Waals surface area contributed by atoms with Crippen molar-refractivity contribution in [2.45, 2.75) is 31.7 Å². The SMILES string of the molecule is O=C(NCc1cccs1)c1csc(C2CCN(C(=O)Cc3c[nH]c4ccccc34)CC2)n1. The number of nitrogens with one attached hydrogen (secondary N) is 2. The number of hydrogen-bond donors (Lipinski definition) is 2. The second-order valence-corrected chi connectivity index (χ2v) is 9.95. The number of likely N-dealkylation sites (tertiary alicyclic amines) is 1. The Bertz CT molecular complexity index is 1220. The maximum atomic E-state index is 12.9. The number of nitrogens with zero attached hydrogens (tertiary/aromatic N) is 2. The first-order valence-corrected chi connectivity index (χ1v) is 12.5. The van der Waals surface area contributed by atoms with Crippen LogP contribution in [0, 0.1) is 0 Å². The number of aromatic amines is 1. The summed E-state index contributed by atoms with van der Waals surface area (Å²) in [6.45, 7) is 1.98. The van der Waals surface area contributed by atoms with Crippen LogP contribution in [0.1, 0.15) is 44.7 Å². The average molecular weight is 465 g/mol. The molecule has 2 N–H and O–H groups in total. The molecule has 0 bridgehead atoms. The molecule has 0 saturated carbocycles. The van der Waals surface area contributed by atoms with Crippen LogP contribution < -0.4 is 5.32 Å². The summed E-state index contributed by atoms with van der Waals surface area (Å²) >= 11 is 3.17. The van der Waals surface area contributed by atoms with Gasteiger partial charge in [0, 0.05) is 46.4 Å². The standard InChI is InChI=1S/C24H24N4O2S2/c29-22(12-17-13-25-20-6-2-1-5-19(17)20)28-9-7-16(8-10-28)24-27-21(15-32-24)23(30)26-14-18-4-3-11-31-18/h1-6,11,13,15-16,25H,7-10,12,14H2,(H,26,30). The van der Waals surface area contributed by atoms with E-state index in [2.05, 4.69) is 21.4 Å². The van der Waals surface area contributed by atoms with Crippen LogP contribution in [0.5, 0.6) is 0 Å². The van der Waals surface area contributed by atoms with Gasteiger partial charge < -0.3 is 15.2 Å². The number of rotatable bonds is 6. The molecule has 1 aromatic carbocycles. The van der Waals surface area contributed by atoms with Crippen molar-refractivity contribution in [2.75, 3.05) is 13.1 Å². The van der Waals surface area contributed by atoms with E-state index in [0.717, 1.165) is 52.3 Å². The van der Waals surface area contributed by atoms with E-state index in [4.69, 9.17) is 0 Å². The van der Waals surface area contributed by atoms with Gasteiger partial charge in [-0.15, -0.1) is 22.7 Å². The van der Waals surface area contributed by atoms with Gasteiger partial charge >= 0.3 is 0 Å². The Morgan fingerprint density at radius 2 is 1.97 bits per heavy atom. The quantitative estimate of drug-likeness (QED) is 0.439. The molecule has 1 fully saturated rings. The molecule has 0 spiro atoms. The van der Waals surface area contributed by atoms with E-state index in [9.17, 15) is 9.59 Å². The number of thiazole rings is 1. The van der Waals surface area contributed by atoms with E-state index in [-0.39, 0.29) is 11.8 Å². The van der Waals surface area contributed by atoms with Crippen LogP contribution in [-0.4, -0.2) is 39.8 Å². The highest BCUT2D eigenvalue weighted by atomic mass is 32.1. The van der Waals surface area contributed by atoms with Crippen LogP contribution >= 0.6 is 22.7 Å². The minimum absolute atomic E-state index is 0.132. The van der Waals surface area contributed by atoms with Gasteiger partial charge in [0.1, 0.15) is 5.69 Å². The zero-order valence-corrected chi connectivity index (χ0v) is 19.2. The van der Waals surface area contributed by atoms with Gasteiger partial charge in [0.15, 0.2) is 0 Å². The molecule has 0 radical (unpaired) electrons. The summed E-state index contributed by atoms with van der Waals surface area (Å²) in [6.07, 6.45) is 4.11. The number of carbonyl (C=O) groups is 2. The summed E-state index contributed by atoms with van der Waals surface area (Å²) in [5.41, 5.74) is 2.60. The Kier molecular flexibility index (Phi) is 6.05. The van der Waals surface area contributed by atoms with Gasteiger partial charge in [-0.3, -0.25) is 9.59 Å². The summed E-state index contributed by atoms with van der Waals surface area (Å²) < 4.78 is 0. The van der Waals surface area contributed by atoms with Crippen LogP contribution in [0.15, 0.2) is 53.4 Å². The number of aromatic nitrogens is 2. The van der Waals surface area contributed by atoms with Gasteiger partial charge in [-0.05, 0) is 35.9 Å². The Balaban J connectivity index is 1.14. The highest BCUT2D eigenvalue weighted by Gasteiger charge is 2.26. The minimum Gasteiger partial charge on any atom is -0.361 e.